The lowest BCUT2D eigenvalue weighted by Gasteiger charge is -2.23. The second-order valence-electron chi connectivity index (χ2n) is 5.31. The maximum absolute atomic E-state index is 5.91. The molecule has 0 atom stereocenters. The second-order valence-corrected chi connectivity index (χ2v) is 5.75. The Morgan fingerprint density at radius 3 is 2.27 bits per heavy atom. The van der Waals surface area contributed by atoms with Crippen LogP contribution in [-0.4, -0.2) is 23.1 Å². The zero-order chi connectivity index (χ0) is 15.9. The van der Waals surface area contributed by atoms with Crippen LogP contribution in [0.15, 0.2) is 30.3 Å². The summed E-state index contributed by atoms with van der Waals surface area (Å²) < 4.78 is 0. The summed E-state index contributed by atoms with van der Waals surface area (Å²) >= 11 is 5.91. The van der Waals surface area contributed by atoms with E-state index in [9.17, 15) is 0 Å². The van der Waals surface area contributed by atoms with E-state index >= 15 is 0 Å². The predicted molar refractivity (Wildman–Crippen MR) is 94.3 cm³/mol. The lowest BCUT2D eigenvalue weighted by molar-refractivity contribution is 0.732. The standard InChI is InChI=1S/C17H23ClN4/c1-4-10-22(11-5-2)16-12-13(3)19-17(21-16)20-15-8-6-14(18)7-9-15/h6-9,12H,4-5,10-11H2,1-3H3,(H,19,20,21). The van der Waals surface area contributed by atoms with Crippen molar-refractivity contribution in [3.05, 3.63) is 41.0 Å². The van der Waals surface area contributed by atoms with Crippen LogP contribution in [0.3, 0.4) is 0 Å². The molecule has 0 fully saturated rings. The molecular formula is C17H23ClN4. The van der Waals surface area contributed by atoms with Crippen LogP contribution in [0.5, 0.6) is 0 Å². The molecule has 0 aliphatic heterocycles. The molecule has 2 rings (SSSR count). The molecule has 0 radical (unpaired) electrons. The minimum absolute atomic E-state index is 0.620. The first-order valence-electron chi connectivity index (χ1n) is 7.75. The minimum atomic E-state index is 0.620. The zero-order valence-electron chi connectivity index (χ0n) is 13.4. The van der Waals surface area contributed by atoms with Gasteiger partial charge in [0.25, 0.3) is 0 Å². The van der Waals surface area contributed by atoms with Gasteiger partial charge >= 0.3 is 0 Å². The van der Waals surface area contributed by atoms with Gasteiger partial charge in [0.1, 0.15) is 5.82 Å². The van der Waals surface area contributed by atoms with Crippen molar-refractivity contribution in [3.63, 3.8) is 0 Å². The highest BCUT2D eigenvalue weighted by Gasteiger charge is 2.09. The Bertz CT molecular complexity index is 592. The summed E-state index contributed by atoms with van der Waals surface area (Å²) in [5, 5.41) is 3.96. The van der Waals surface area contributed by atoms with Gasteiger partial charge in [-0.2, -0.15) is 4.98 Å². The van der Waals surface area contributed by atoms with E-state index in [2.05, 4.69) is 34.0 Å². The van der Waals surface area contributed by atoms with Gasteiger partial charge in [-0.3, -0.25) is 0 Å². The molecule has 0 saturated carbocycles. The van der Waals surface area contributed by atoms with Crippen LogP contribution in [0.4, 0.5) is 17.5 Å². The highest BCUT2D eigenvalue weighted by Crippen LogP contribution is 2.20. The zero-order valence-corrected chi connectivity index (χ0v) is 14.2. The minimum Gasteiger partial charge on any atom is -0.356 e. The Kier molecular flexibility index (Phi) is 6.01. The molecule has 0 aliphatic carbocycles. The van der Waals surface area contributed by atoms with Crippen molar-refractivity contribution < 1.29 is 0 Å². The van der Waals surface area contributed by atoms with Gasteiger partial charge in [-0.25, -0.2) is 4.98 Å². The fourth-order valence-corrected chi connectivity index (χ4v) is 2.44. The van der Waals surface area contributed by atoms with Crippen LogP contribution >= 0.6 is 11.6 Å². The topological polar surface area (TPSA) is 41.1 Å². The van der Waals surface area contributed by atoms with Crippen molar-refractivity contribution in [1.29, 1.82) is 0 Å². The fourth-order valence-electron chi connectivity index (χ4n) is 2.31. The number of aryl methyl sites for hydroxylation is 1. The van der Waals surface area contributed by atoms with Gasteiger partial charge in [-0.1, -0.05) is 25.4 Å². The molecule has 5 heteroatoms. The molecule has 0 amide bonds. The Labute approximate surface area is 137 Å². The van der Waals surface area contributed by atoms with E-state index in [1.165, 1.54) is 0 Å². The Balaban J connectivity index is 2.23. The Hall–Kier alpha value is -1.81. The van der Waals surface area contributed by atoms with Crippen molar-refractivity contribution in [2.24, 2.45) is 0 Å². The number of aromatic nitrogens is 2. The van der Waals surface area contributed by atoms with Gasteiger partial charge in [0.05, 0.1) is 0 Å². The van der Waals surface area contributed by atoms with Gasteiger partial charge < -0.3 is 10.2 Å². The summed E-state index contributed by atoms with van der Waals surface area (Å²) in [4.78, 5) is 11.4. The Morgan fingerprint density at radius 1 is 1.05 bits per heavy atom. The summed E-state index contributed by atoms with van der Waals surface area (Å²) in [6.07, 6.45) is 2.20. The molecule has 0 saturated heterocycles. The smallest absolute Gasteiger partial charge is 0.229 e. The summed E-state index contributed by atoms with van der Waals surface area (Å²) in [5.74, 6) is 1.60. The number of hydrogen-bond donors (Lipinski definition) is 1. The quantitative estimate of drug-likeness (QED) is 0.795. The van der Waals surface area contributed by atoms with Gasteiger partial charge in [0, 0.05) is 35.6 Å². The van der Waals surface area contributed by atoms with E-state index in [0.717, 1.165) is 43.1 Å². The third-order valence-corrected chi connectivity index (χ3v) is 3.50. The number of nitrogens with zero attached hydrogens (tertiary/aromatic N) is 3. The number of rotatable bonds is 7. The van der Waals surface area contributed by atoms with Crippen LogP contribution in [0.1, 0.15) is 32.4 Å². The van der Waals surface area contributed by atoms with Crippen molar-refractivity contribution in [1.82, 2.24) is 9.97 Å². The SMILES string of the molecule is CCCN(CCC)c1cc(C)nc(Nc2ccc(Cl)cc2)n1. The van der Waals surface area contributed by atoms with E-state index in [-0.39, 0.29) is 0 Å². The van der Waals surface area contributed by atoms with E-state index in [0.29, 0.717) is 11.0 Å². The Morgan fingerprint density at radius 2 is 1.68 bits per heavy atom. The van der Waals surface area contributed by atoms with Gasteiger partial charge in [-0.05, 0) is 44.0 Å². The number of hydrogen-bond acceptors (Lipinski definition) is 4. The molecule has 1 aromatic heterocycles. The molecule has 0 spiro atoms. The van der Waals surface area contributed by atoms with E-state index in [4.69, 9.17) is 11.6 Å². The molecule has 2 aromatic rings. The summed E-state index contributed by atoms with van der Waals surface area (Å²) in [6.45, 7) is 8.37. The molecule has 0 unspecified atom stereocenters. The van der Waals surface area contributed by atoms with E-state index < -0.39 is 0 Å². The first-order chi connectivity index (χ1) is 10.6. The first-order valence-corrected chi connectivity index (χ1v) is 8.13. The predicted octanol–water partition coefficient (Wildman–Crippen LogP) is 4.81. The molecule has 22 heavy (non-hydrogen) atoms. The fraction of sp³-hybridized carbons (Fsp3) is 0.412. The molecule has 118 valence electrons. The molecule has 0 bridgehead atoms. The van der Waals surface area contributed by atoms with Crippen molar-refractivity contribution in [3.8, 4) is 0 Å². The van der Waals surface area contributed by atoms with E-state index in [1.807, 2.05) is 37.3 Å². The molecule has 1 heterocycles. The summed E-state index contributed by atoms with van der Waals surface area (Å²) in [5.41, 5.74) is 1.89. The lowest BCUT2D eigenvalue weighted by atomic mass is 10.3. The normalized spacial score (nSPS) is 10.5. The van der Waals surface area contributed by atoms with Crippen molar-refractivity contribution in [2.45, 2.75) is 33.6 Å². The molecule has 1 aromatic carbocycles. The second kappa shape index (κ2) is 7.99. The maximum Gasteiger partial charge on any atom is 0.229 e. The molecule has 1 N–H and O–H groups in total. The first kappa shape index (κ1) is 16.6. The third-order valence-electron chi connectivity index (χ3n) is 3.25. The van der Waals surface area contributed by atoms with Crippen LogP contribution in [-0.2, 0) is 0 Å². The third kappa shape index (κ3) is 4.60. The molecule has 4 nitrogen and oxygen atoms in total. The largest absolute Gasteiger partial charge is 0.356 e. The lowest BCUT2D eigenvalue weighted by Crippen LogP contribution is -2.26. The van der Waals surface area contributed by atoms with Crippen LogP contribution in [0.2, 0.25) is 5.02 Å². The van der Waals surface area contributed by atoms with Crippen molar-refractivity contribution in [2.75, 3.05) is 23.3 Å². The average molecular weight is 319 g/mol. The summed E-state index contributed by atoms with van der Waals surface area (Å²) in [7, 11) is 0. The van der Waals surface area contributed by atoms with Gasteiger partial charge in [0.15, 0.2) is 0 Å². The van der Waals surface area contributed by atoms with Crippen molar-refractivity contribution >= 4 is 29.1 Å². The van der Waals surface area contributed by atoms with E-state index in [1.54, 1.807) is 0 Å². The number of benzene rings is 1. The van der Waals surface area contributed by atoms with Crippen LogP contribution in [0.25, 0.3) is 0 Å². The highest BCUT2D eigenvalue weighted by molar-refractivity contribution is 6.30. The molecule has 0 aliphatic rings. The number of nitrogens with one attached hydrogen (secondary N) is 1. The molecular weight excluding hydrogens is 296 g/mol. The van der Waals surface area contributed by atoms with Gasteiger partial charge in [-0.15, -0.1) is 0 Å². The maximum atomic E-state index is 5.91. The highest BCUT2D eigenvalue weighted by atomic mass is 35.5. The monoisotopic (exact) mass is 318 g/mol. The average Bonchev–Trinajstić information content (AvgIpc) is 2.49. The number of anilines is 3. The van der Waals surface area contributed by atoms with Crippen LogP contribution < -0.4 is 10.2 Å². The number of halogens is 1. The van der Waals surface area contributed by atoms with Gasteiger partial charge in [0.2, 0.25) is 5.95 Å². The summed E-state index contributed by atoms with van der Waals surface area (Å²) in [6, 6.07) is 9.58. The van der Waals surface area contributed by atoms with Crippen LogP contribution in [0, 0.1) is 6.92 Å².